The van der Waals surface area contributed by atoms with Crippen LogP contribution < -0.4 is 0 Å². The molecule has 2 aliphatic rings. The Morgan fingerprint density at radius 3 is 2.27 bits per heavy atom. The fourth-order valence-electron chi connectivity index (χ4n) is 4.29. The highest BCUT2D eigenvalue weighted by molar-refractivity contribution is 7.89. The second kappa shape index (κ2) is 8.20. The summed E-state index contributed by atoms with van der Waals surface area (Å²) in [7, 11) is -1.99. The maximum absolute atomic E-state index is 13.4. The molecule has 2 aromatic rings. The van der Waals surface area contributed by atoms with Crippen molar-refractivity contribution in [3.63, 3.8) is 0 Å². The van der Waals surface area contributed by atoms with Crippen LogP contribution in [0.3, 0.4) is 0 Å². The summed E-state index contributed by atoms with van der Waals surface area (Å²) in [6.07, 6.45) is 0.434. The van der Waals surface area contributed by atoms with Crippen LogP contribution in [-0.4, -0.2) is 67.1 Å². The van der Waals surface area contributed by atoms with Gasteiger partial charge in [-0.25, -0.2) is 8.42 Å². The molecule has 0 radical (unpaired) electrons. The van der Waals surface area contributed by atoms with Crippen molar-refractivity contribution in [2.75, 3.05) is 26.7 Å². The molecule has 0 aliphatic carbocycles. The molecule has 2 aromatic carbocycles. The zero-order valence-electron chi connectivity index (χ0n) is 16.8. The van der Waals surface area contributed by atoms with Gasteiger partial charge in [0.25, 0.3) is 0 Å². The molecule has 0 aromatic heterocycles. The van der Waals surface area contributed by atoms with Crippen LogP contribution in [0.5, 0.6) is 0 Å². The van der Waals surface area contributed by atoms with Crippen molar-refractivity contribution in [3.05, 3.63) is 66.2 Å². The summed E-state index contributed by atoms with van der Waals surface area (Å²) >= 11 is 0. The summed E-state index contributed by atoms with van der Waals surface area (Å²) in [5, 5.41) is 0. The Hall–Kier alpha value is -2.71. The average Bonchev–Trinajstić information content (AvgIpc) is 2.86. The monoisotopic (exact) mass is 427 g/mol. The topological polar surface area (TPSA) is 78.0 Å². The van der Waals surface area contributed by atoms with E-state index < -0.39 is 15.9 Å². The molecule has 0 unspecified atom stereocenters. The van der Waals surface area contributed by atoms with Gasteiger partial charge in [0.05, 0.1) is 10.8 Å². The number of hydrogen-bond acceptors (Lipinski definition) is 4. The third-order valence-corrected chi connectivity index (χ3v) is 7.86. The van der Waals surface area contributed by atoms with Crippen molar-refractivity contribution in [3.8, 4) is 0 Å². The SMILES string of the molecule is CN1C(=O)CN(Cc2ccccc2)C(=O)[C@H]2CN(S(=O)(=O)c3ccccc3)CC[C@H]21. The molecular formula is C22H25N3O4S. The lowest BCUT2D eigenvalue weighted by Crippen LogP contribution is -2.54. The lowest BCUT2D eigenvalue weighted by atomic mass is 9.91. The molecule has 0 saturated carbocycles. The number of fused-ring (bicyclic) bond motifs is 1. The van der Waals surface area contributed by atoms with E-state index in [1.54, 1.807) is 47.2 Å². The van der Waals surface area contributed by atoms with Gasteiger partial charge < -0.3 is 9.80 Å². The number of piperidine rings is 1. The smallest absolute Gasteiger partial charge is 0.243 e. The molecule has 2 saturated heterocycles. The van der Waals surface area contributed by atoms with E-state index in [1.807, 2.05) is 30.3 Å². The van der Waals surface area contributed by atoms with E-state index in [4.69, 9.17) is 0 Å². The van der Waals surface area contributed by atoms with Gasteiger partial charge in [-0.3, -0.25) is 9.59 Å². The molecule has 2 amide bonds. The van der Waals surface area contributed by atoms with Gasteiger partial charge in [0.1, 0.15) is 6.54 Å². The number of carbonyl (C=O) groups is 2. The highest BCUT2D eigenvalue weighted by Crippen LogP contribution is 2.30. The van der Waals surface area contributed by atoms with Crippen molar-refractivity contribution >= 4 is 21.8 Å². The molecular weight excluding hydrogens is 402 g/mol. The van der Waals surface area contributed by atoms with E-state index in [0.29, 0.717) is 13.0 Å². The molecule has 0 spiro atoms. The summed E-state index contributed by atoms with van der Waals surface area (Å²) in [6, 6.07) is 17.5. The molecule has 2 heterocycles. The number of likely N-dealkylation sites (N-methyl/N-ethyl adjacent to an activating group) is 1. The van der Waals surface area contributed by atoms with E-state index in [2.05, 4.69) is 0 Å². The highest BCUT2D eigenvalue weighted by atomic mass is 32.2. The minimum absolute atomic E-state index is 0.00264. The molecule has 30 heavy (non-hydrogen) atoms. The number of benzene rings is 2. The summed E-state index contributed by atoms with van der Waals surface area (Å²) in [6.45, 7) is 0.683. The predicted octanol–water partition coefficient (Wildman–Crippen LogP) is 1.57. The van der Waals surface area contributed by atoms with Gasteiger partial charge in [0.2, 0.25) is 21.8 Å². The van der Waals surface area contributed by atoms with Crippen LogP contribution in [0, 0.1) is 5.92 Å². The zero-order chi connectivity index (χ0) is 21.3. The van der Waals surface area contributed by atoms with E-state index in [1.165, 1.54) is 4.31 Å². The minimum Gasteiger partial charge on any atom is -0.340 e. The molecule has 0 bridgehead atoms. The lowest BCUT2D eigenvalue weighted by Gasteiger charge is -2.39. The van der Waals surface area contributed by atoms with Gasteiger partial charge in [0, 0.05) is 32.7 Å². The van der Waals surface area contributed by atoms with Crippen molar-refractivity contribution < 1.29 is 18.0 Å². The van der Waals surface area contributed by atoms with E-state index in [0.717, 1.165) is 5.56 Å². The second-order valence-corrected chi connectivity index (χ2v) is 9.76. The van der Waals surface area contributed by atoms with Gasteiger partial charge in [-0.15, -0.1) is 0 Å². The first-order valence-electron chi connectivity index (χ1n) is 10.0. The van der Waals surface area contributed by atoms with Crippen LogP contribution in [0.15, 0.2) is 65.6 Å². The predicted molar refractivity (Wildman–Crippen MR) is 112 cm³/mol. The third kappa shape index (κ3) is 3.85. The Labute approximate surface area is 176 Å². The van der Waals surface area contributed by atoms with E-state index in [-0.39, 0.29) is 42.4 Å². The number of nitrogens with zero attached hydrogens (tertiary/aromatic N) is 3. The van der Waals surface area contributed by atoms with Gasteiger partial charge in [-0.05, 0) is 24.1 Å². The van der Waals surface area contributed by atoms with Gasteiger partial charge in [-0.2, -0.15) is 4.31 Å². The van der Waals surface area contributed by atoms with Crippen molar-refractivity contribution in [2.45, 2.75) is 23.9 Å². The number of carbonyl (C=O) groups excluding carboxylic acids is 2. The fraction of sp³-hybridized carbons (Fsp3) is 0.364. The summed E-state index contributed by atoms with van der Waals surface area (Å²) < 4.78 is 27.6. The Bertz CT molecular complexity index is 1030. The number of rotatable bonds is 4. The molecule has 0 N–H and O–H groups in total. The van der Waals surface area contributed by atoms with E-state index in [9.17, 15) is 18.0 Å². The standard InChI is InChI=1S/C22H25N3O4S/c1-23-20-12-13-25(30(28,29)18-10-6-3-7-11-18)15-19(20)22(27)24(16-21(23)26)14-17-8-4-2-5-9-17/h2-11,19-20H,12-16H2,1H3/t19-,20+/m0/s1. The summed E-state index contributed by atoms with van der Waals surface area (Å²) in [5.74, 6) is -0.877. The van der Waals surface area contributed by atoms with Crippen LogP contribution in [0.1, 0.15) is 12.0 Å². The first-order chi connectivity index (χ1) is 14.4. The van der Waals surface area contributed by atoms with Gasteiger partial charge >= 0.3 is 0 Å². The quantitative estimate of drug-likeness (QED) is 0.742. The Morgan fingerprint density at radius 2 is 1.60 bits per heavy atom. The van der Waals surface area contributed by atoms with Crippen molar-refractivity contribution in [2.24, 2.45) is 5.92 Å². The van der Waals surface area contributed by atoms with Crippen LogP contribution >= 0.6 is 0 Å². The molecule has 4 rings (SSSR count). The first-order valence-corrected chi connectivity index (χ1v) is 11.5. The molecule has 2 fully saturated rings. The van der Waals surface area contributed by atoms with Crippen LogP contribution in [-0.2, 0) is 26.2 Å². The van der Waals surface area contributed by atoms with Crippen molar-refractivity contribution in [1.82, 2.24) is 14.1 Å². The van der Waals surface area contributed by atoms with Crippen LogP contribution in [0.2, 0.25) is 0 Å². The summed E-state index contributed by atoms with van der Waals surface area (Å²) in [4.78, 5) is 29.5. The second-order valence-electron chi connectivity index (χ2n) is 7.82. The van der Waals surface area contributed by atoms with Crippen LogP contribution in [0.4, 0.5) is 0 Å². The maximum atomic E-state index is 13.4. The Balaban J connectivity index is 1.61. The molecule has 2 atom stereocenters. The van der Waals surface area contributed by atoms with Crippen LogP contribution in [0.25, 0.3) is 0 Å². The van der Waals surface area contributed by atoms with Crippen molar-refractivity contribution in [1.29, 1.82) is 0 Å². The van der Waals surface area contributed by atoms with Gasteiger partial charge in [-0.1, -0.05) is 48.5 Å². The first kappa shape index (κ1) is 20.6. The zero-order valence-corrected chi connectivity index (χ0v) is 17.7. The number of hydrogen-bond donors (Lipinski definition) is 0. The molecule has 8 heteroatoms. The Morgan fingerprint density at radius 1 is 0.967 bits per heavy atom. The largest absolute Gasteiger partial charge is 0.340 e. The fourth-order valence-corrected chi connectivity index (χ4v) is 5.79. The molecule has 7 nitrogen and oxygen atoms in total. The normalized spacial score (nSPS) is 23.2. The average molecular weight is 428 g/mol. The molecule has 158 valence electrons. The van der Waals surface area contributed by atoms with E-state index >= 15 is 0 Å². The number of sulfonamides is 1. The number of amides is 2. The summed E-state index contributed by atoms with van der Waals surface area (Å²) in [5.41, 5.74) is 0.935. The van der Waals surface area contributed by atoms with Gasteiger partial charge in [0.15, 0.2) is 0 Å². The third-order valence-electron chi connectivity index (χ3n) is 5.98. The maximum Gasteiger partial charge on any atom is 0.243 e. The lowest BCUT2D eigenvalue weighted by molar-refractivity contribution is -0.138. The minimum atomic E-state index is -3.70. The highest BCUT2D eigenvalue weighted by Gasteiger charge is 2.45. The molecule has 2 aliphatic heterocycles. The Kier molecular flexibility index (Phi) is 5.62.